The SMILES string of the molecule is O=C(NCc1ccccc1Cl)c1[nH]c([NH+]2CCOCC2)[n+]2ccccc12.O=C([O-])C(F)(F)F.O=C([O-])C(F)(F)F. The fourth-order valence-corrected chi connectivity index (χ4v) is 3.48. The Morgan fingerprint density at radius 2 is 1.48 bits per heavy atom. The van der Waals surface area contributed by atoms with Crippen LogP contribution in [-0.2, 0) is 20.9 Å². The van der Waals surface area contributed by atoms with Gasteiger partial charge in [0.2, 0.25) is 5.69 Å². The summed E-state index contributed by atoms with van der Waals surface area (Å²) in [7, 11) is 0. The van der Waals surface area contributed by atoms with E-state index in [4.69, 9.17) is 36.1 Å². The highest BCUT2D eigenvalue weighted by molar-refractivity contribution is 6.31. The van der Waals surface area contributed by atoms with Crippen molar-refractivity contribution in [3.8, 4) is 0 Å². The molecular formula is C23H21ClF6N4O6. The Kier molecular flexibility index (Phi) is 11.3. The molecule has 3 aromatic rings. The summed E-state index contributed by atoms with van der Waals surface area (Å²) in [4.78, 5) is 35.0. The van der Waals surface area contributed by atoms with E-state index in [9.17, 15) is 31.1 Å². The minimum absolute atomic E-state index is 0.146. The minimum Gasteiger partial charge on any atom is -0.542 e. The van der Waals surface area contributed by atoms with Crippen LogP contribution >= 0.6 is 11.6 Å². The summed E-state index contributed by atoms with van der Waals surface area (Å²) in [5, 5.41) is 21.2. The monoisotopic (exact) mass is 598 g/mol. The molecule has 1 aromatic carbocycles. The number of carbonyl (C=O) groups is 3. The first-order chi connectivity index (χ1) is 18.6. The highest BCUT2D eigenvalue weighted by Crippen LogP contribution is 2.15. The number of halogens is 7. The number of ether oxygens (including phenoxy) is 1. The summed E-state index contributed by atoms with van der Waals surface area (Å²) in [5.74, 6) is -5.18. The maximum absolute atomic E-state index is 12.8. The van der Waals surface area contributed by atoms with Crippen LogP contribution in [0, 0.1) is 0 Å². The van der Waals surface area contributed by atoms with Gasteiger partial charge in [0, 0.05) is 11.6 Å². The number of aliphatic carboxylic acids is 2. The number of hydrogen-bond donors (Lipinski definition) is 3. The number of rotatable bonds is 4. The number of imidazole rings is 1. The Morgan fingerprint density at radius 1 is 0.950 bits per heavy atom. The summed E-state index contributed by atoms with van der Waals surface area (Å²) in [6.07, 6.45) is -8.41. The van der Waals surface area contributed by atoms with Gasteiger partial charge in [-0.25, -0.2) is 4.90 Å². The lowest BCUT2D eigenvalue weighted by atomic mass is 10.2. The van der Waals surface area contributed by atoms with Crippen molar-refractivity contribution >= 4 is 40.9 Å². The average Bonchev–Trinajstić information content (AvgIpc) is 3.28. The molecule has 17 heteroatoms. The number of carbonyl (C=O) groups excluding carboxylic acids is 3. The van der Waals surface area contributed by atoms with E-state index >= 15 is 0 Å². The molecule has 3 N–H and O–H groups in total. The number of nitrogens with zero attached hydrogens (tertiary/aromatic N) is 1. The molecule has 218 valence electrons. The van der Waals surface area contributed by atoms with Crippen LogP contribution in [0.1, 0.15) is 16.1 Å². The highest BCUT2D eigenvalue weighted by atomic mass is 35.5. The maximum Gasteiger partial charge on any atom is 0.457 e. The van der Waals surface area contributed by atoms with Gasteiger partial charge >= 0.3 is 18.3 Å². The lowest BCUT2D eigenvalue weighted by molar-refractivity contribution is -0.889. The number of morpholine rings is 1. The second kappa shape index (κ2) is 14.0. The first kappa shape index (κ1) is 32.3. The van der Waals surface area contributed by atoms with E-state index in [2.05, 4.69) is 10.3 Å². The predicted octanol–water partition coefficient (Wildman–Crippen LogP) is -0.519. The number of nitrogens with one attached hydrogen (secondary N) is 3. The van der Waals surface area contributed by atoms with Crippen LogP contribution in [0.2, 0.25) is 5.02 Å². The van der Waals surface area contributed by atoms with Crippen molar-refractivity contribution in [1.82, 2.24) is 10.3 Å². The molecule has 0 atom stereocenters. The Labute approximate surface area is 226 Å². The second-order valence-corrected chi connectivity index (χ2v) is 8.27. The average molecular weight is 599 g/mol. The molecule has 0 saturated carbocycles. The van der Waals surface area contributed by atoms with Gasteiger partial charge in [0.1, 0.15) is 31.2 Å². The van der Waals surface area contributed by atoms with Crippen molar-refractivity contribution in [2.45, 2.75) is 18.9 Å². The number of aromatic nitrogens is 2. The summed E-state index contributed by atoms with van der Waals surface area (Å²) in [6.45, 7) is 3.57. The molecule has 1 aliphatic heterocycles. The van der Waals surface area contributed by atoms with Gasteiger partial charge in [-0.1, -0.05) is 35.9 Å². The lowest BCUT2D eigenvalue weighted by Gasteiger charge is -2.18. The third kappa shape index (κ3) is 9.39. The van der Waals surface area contributed by atoms with E-state index in [0.29, 0.717) is 17.3 Å². The molecule has 1 saturated heterocycles. The molecule has 0 spiro atoms. The Bertz CT molecular complexity index is 1300. The van der Waals surface area contributed by atoms with E-state index in [-0.39, 0.29) is 5.91 Å². The fraction of sp³-hybridized carbons (Fsp3) is 0.304. The molecule has 0 unspecified atom stereocenters. The third-order valence-corrected chi connectivity index (χ3v) is 5.49. The minimum atomic E-state index is -5.19. The summed E-state index contributed by atoms with van der Waals surface area (Å²) >= 11 is 6.18. The first-order valence-electron chi connectivity index (χ1n) is 11.2. The fourth-order valence-electron chi connectivity index (χ4n) is 3.28. The number of carboxylic acids is 2. The Morgan fingerprint density at radius 3 is 2.00 bits per heavy atom. The molecular weight excluding hydrogens is 578 g/mol. The van der Waals surface area contributed by atoms with Gasteiger partial charge in [0.05, 0.1) is 13.2 Å². The van der Waals surface area contributed by atoms with Gasteiger partial charge < -0.3 is 29.9 Å². The molecule has 40 heavy (non-hydrogen) atoms. The molecule has 1 amide bonds. The van der Waals surface area contributed by atoms with Crippen molar-refractivity contribution in [3.63, 3.8) is 0 Å². The second-order valence-electron chi connectivity index (χ2n) is 7.86. The van der Waals surface area contributed by atoms with E-state index in [1.807, 2.05) is 53.1 Å². The Balaban J connectivity index is 0.000000333. The number of alkyl halides is 6. The molecule has 0 aliphatic carbocycles. The number of aromatic amines is 1. The third-order valence-electron chi connectivity index (χ3n) is 5.12. The summed E-state index contributed by atoms with van der Waals surface area (Å²) in [5.41, 5.74) is 2.31. The van der Waals surface area contributed by atoms with Crippen LogP contribution in [0.5, 0.6) is 0 Å². The molecule has 1 aliphatic rings. The highest BCUT2D eigenvalue weighted by Gasteiger charge is 2.32. The smallest absolute Gasteiger partial charge is 0.457 e. The topological polar surface area (TPSA) is 143 Å². The number of hydrogen-bond acceptors (Lipinski definition) is 6. The zero-order chi connectivity index (χ0) is 30.1. The zero-order valence-corrected chi connectivity index (χ0v) is 21.0. The molecule has 3 heterocycles. The van der Waals surface area contributed by atoms with Gasteiger partial charge in [-0.05, 0) is 23.8 Å². The van der Waals surface area contributed by atoms with Crippen LogP contribution in [0.15, 0.2) is 48.7 Å². The van der Waals surface area contributed by atoms with Crippen molar-refractivity contribution < 1.29 is 65.0 Å². The van der Waals surface area contributed by atoms with E-state index in [0.717, 1.165) is 43.3 Å². The molecule has 2 aromatic heterocycles. The standard InChI is InChI=1S/C19H19ClN4O2.2C2HF3O2/c20-15-6-2-1-5-14(15)13-21-18(25)17-16-7-3-4-8-24(16)19(22-17)23-9-11-26-12-10-23;2*3-2(4,5)1(6)7/h1-8H,9-13H2,(H,21,25);2*(H,6,7). The lowest BCUT2D eigenvalue weighted by Crippen LogP contribution is -3.11. The first-order valence-corrected chi connectivity index (χ1v) is 11.5. The largest absolute Gasteiger partial charge is 0.542 e. The molecule has 0 radical (unpaired) electrons. The van der Waals surface area contributed by atoms with Gasteiger partial charge in [-0.2, -0.15) is 31.3 Å². The van der Waals surface area contributed by atoms with Crippen molar-refractivity contribution in [1.29, 1.82) is 0 Å². The van der Waals surface area contributed by atoms with Crippen LogP contribution in [0.4, 0.5) is 32.3 Å². The van der Waals surface area contributed by atoms with Gasteiger partial charge in [0.25, 0.3) is 5.91 Å². The molecule has 0 bridgehead atoms. The normalized spacial score (nSPS) is 13.9. The molecule has 10 nitrogen and oxygen atoms in total. The number of H-pyrrole nitrogens is 1. The predicted molar refractivity (Wildman–Crippen MR) is 120 cm³/mol. The van der Waals surface area contributed by atoms with E-state index in [1.54, 1.807) is 0 Å². The zero-order valence-electron chi connectivity index (χ0n) is 20.2. The van der Waals surface area contributed by atoms with E-state index < -0.39 is 24.3 Å². The number of benzene rings is 1. The number of pyridine rings is 1. The van der Waals surface area contributed by atoms with Crippen LogP contribution in [-0.4, -0.2) is 61.5 Å². The summed E-state index contributed by atoms with van der Waals surface area (Å²) < 4.78 is 70.6. The molecule has 4 rings (SSSR count). The van der Waals surface area contributed by atoms with Crippen molar-refractivity contribution in [2.24, 2.45) is 0 Å². The number of carboxylic acid groups (broad SMARTS) is 2. The Hall–Kier alpha value is -3.89. The van der Waals surface area contributed by atoms with Gasteiger partial charge in [-0.15, -0.1) is 4.40 Å². The maximum atomic E-state index is 12.8. The number of amides is 1. The summed E-state index contributed by atoms with van der Waals surface area (Å²) in [6, 6.07) is 13.4. The number of fused-ring (bicyclic) bond motifs is 1. The molecule has 1 fully saturated rings. The van der Waals surface area contributed by atoms with Crippen LogP contribution < -0.4 is 24.8 Å². The van der Waals surface area contributed by atoms with Crippen molar-refractivity contribution in [3.05, 3.63) is 64.9 Å². The van der Waals surface area contributed by atoms with Crippen molar-refractivity contribution in [2.75, 3.05) is 26.3 Å². The van der Waals surface area contributed by atoms with E-state index in [1.165, 1.54) is 4.90 Å². The van der Waals surface area contributed by atoms with Gasteiger partial charge in [0.15, 0.2) is 5.52 Å². The van der Waals surface area contributed by atoms with Crippen LogP contribution in [0.3, 0.4) is 0 Å². The van der Waals surface area contributed by atoms with Crippen LogP contribution in [0.25, 0.3) is 5.52 Å². The van der Waals surface area contributed by atoms with Gasteiger partial charge in [-0.3, -0.25) is 4.79 Å². The quantitative estimate of drug-likeness (QED) is 0.273. The number of quaternary nitrogens is 1.